The van der Waals surface area contributed by atoms with Crippen LogP contribution < -0.4 is 14.8 Å². The van der Waals surface area contributed by atoms with Crippen LogP contribution in [0.1, 0.15) is 11.4 Å². The lowest BCUT2D eigenvalue weighted by Crippen LogP contribution is -2.06. The van der Waals surface area contributed by atoms with Crippen molar-refractivity contribution in [1.82, 2.24) is 9.97 Å². The molecule has 0 saturated carbocycles. The largest absolute Gasteiger partial charge is 0.481 e. The van der Waals surface area contributed by atoms with Crippen molar-refractivity contribution in [3.05, 3.63) is 65.9 Å². The van der Waals surface area contributed by atoms with E-state index in [2.05, 4.69) is 20.0 Å². The number of alkyl halides is 2. The normalized spacial score (nSPS) is 10.7. The Bertz CT molecular complexity index is 1010. The number of methoxy groups -OCH3 is 1. The molecule has 6 nitrogen and oxygen atoms in total. The molecule has 0 unspecified atom stereocenters. The lowest BCUT2D eigenvalue weighted by atomic mass is 10.1. The van der Waals surface area contributed by atoms with Gasteiger partial charge in [0.2, 0.25) is 5.88 Å². The molecule has 0 bridgehead atoms. The van der Waals surface area contributed by atoms with Gasteiger partial charge in [-0.15, -0.1) is 0 Å². The first kappa shape index (κ1) is 20.1. The molecule has 0 amide bonds. The summed E-state index contributed by atoms with van der Waals surface area (Å²) in [7, 11) is 1.52. The number of ether oxygens (including phenoxy) is 2. The molecule has 1 aromatic carbocycles. The summed E-state index contributed by atoms with van der Waals surface area (Å²) >= 11 is 0. The third-order valence-electron chi connectivity index (χ3n) is 3.99. The zero-order valence-electron chi connectivity index (χ0n) is 15.3. The van der Waals surface area contributed by atoms with E-state index in [0.29, 0.717) is 40.6 Å². The molecule has 0 spiro atoms. The van der Waals surface area contributed by atoms with Gasteiger partial charge in [-0.2, -0.15) is 8.78 Å². The molecule has 29 heavy (non-hydrogen) atoms. The van der Waals surface area contributed by atoms with Crippen molar-refractivity contribution in [2.24, 2.45) is 0 Å². The number of hydrogen-bond donors (Lipinski definition) is 2. The number of pyridine rings is 2. The predicted molar refractivity (Wildman–Crippen MR) is 102 cm³/mol. The topological polar surface area (TPSA) is 80.1 Å². The fourth-order valence-electron chi connectivity index (χ4n) is 2.61. The highest BCUT2D eigenvalue weighted by atomic mass is 19.3. The van der Waals surface area contributed by atoms with Crippen molar-refractivity contribution in [2.75, 3.05) is 12.4 Å². The SMILES string of the molecule is COc1cccc(CNc2cc(-c3ccc(F)c(OC(F)F)c3)cnc2C=N)n1. The lowest BCUT2D eigenvalue weighted by Gasteiger charge is -2.12. The molecule has 0 aliphatic carbocycles. The Morgan fingerprint density at radius 1 is 1.17 bits per heavy atom. The number of rotatable bonds is 8. The molecular weight excluding hydrogens is 385 g/mol. The number of halogens is 3. The van der Waals surface area contributed by atoms with Gasteiger partial charge in [0.15, 0.2) is 11.6 Å². The molecule has 0 fully saturated rings. The monoisotopic (exact) mass is 402 g/mol. The first-order valence-corrected chi connectivity index (χ1v) is 8.49. The number of nitrogens with one attached hydrogen (secondary N) is 2. The molecule has 2 aromatic heterocycles. The Morgan fingerprint density at radius 3 is 2.72 bits per heavy atom. The van der Waals surface area contributed by atoms with Crippen LogP contribution in [0.3, 0.4) is 0 Å². The molecule has 0 radical (unpaired) electrons. The van der Waals surface area contributed by atoms with Gasteiger partial charge < -0.3 is 20.2 Å². The molecule has 0 saturated heterocycles. The number of aromatic nitrogens is 2. The van der Waals surface area contributed by atoms with Crippen molar-refractivity contribution < 1.29 is 22.6 Å². The van der Waals surface area contributed by atoms with Gasteiger partial charge in [0, 0.05) is 24.0 Å². The van der Waals surface area contributed by atoms with E-state index in [0.717, 1.165) is 12.3 Å². The van der Waals surface area contributed by atoms with E-state index in [-0.39, 0.29) is 0 Å². The quantitative estimate of drug-likeness (QED) is 0.542. The highest BCUT2D eigenvalue weighted by Gasteiger charge is 2.13. The second-order valence-corrected chi connectivity index (χ2v) is 5.85. The summed E-state index contributed by atoms with van der Waals surface area (Å²) in [6.45, 7) is -2.79. The van der Waals surface area contributed by atoms with Crippen LogP contribution in [0.4, 0.5) is 18.9 Å². The molecule has 2 heterocycles. The maximum absolute atomic E-state index is 13.7. The van der Waals surface area contributed by atoms with Gasteiger partial charge in [0.1, 0.15) is 5.69 Å². The van der Waals surface area contributed by atoms with Crippen LogP contribution in [-0.2, 0) is 6.54 Å². The highest BCUT2D eigenvalue weighted by molar-refractivity contribution is 5.85. The summed E-state index contributed by atoms with van der Waals surface area (Å²) in [5.74, 6) is -0.967. The van der Waals surface area contributed by atoms with Crippen molar-refractivity contribution in [3.8, 4) is 22.8 Å². The second kappa shape index (κ2) is 9.05. The molecule has 0 aliphatic rings. The maximum atomic E-state index is 13.7. The maximum Gasteiger partial charge on any atom is 0.387 e. The van der Waals surface area contributed by atoms with Gasteiger partial charge in [-0.1, -0.05) is 12.1 Å². The van der Waals surface area contributed by atoms with Crippen molar-refractivity contribution in [3.63, 3.8) is 0 Å². The van der Waals surface area contributed by atoms with E-state index in [4.69, 9.17) is 10.1 Å². The van der Waals surface area contributed by atoms with E-state index in [1.807, 2.05) is 6.07 Å². The minimum atomic E-state index is -3.13. The molecular formula is C20H17F3N4O2. The van der Waals surface area contributed by atoms with E-state index >= 15 is 0 Å². The first-order chi connectivity index (χ1) is 14.0. The molecule has 2 N–H and O–H groups in total. The third-order valence-corrected chi connectivity index (χ3v) is 3.99. The van der Waals surface area contributed by atoms with Crippen LogP contribution in [0, 0.1) is 11.2 Å². The van der Waals surface area contributed by atoms with Crippen LogP contribution >= 0.6 is 0 Å². The minimum absolute atomic E-state index is 0.340. The lowest BCUT2D eigenvalue weighted by molar-refractivity contribution is -0.0521. The summed E-state index contributed by atoms with van der Waals surface area (Å²) in [6.07, 6.45) is 2.55. The van der Waals surface area contributed by atoms with E-state index < -0.39 is 18.2 Å². The fourth-order valence-corrected chi connectivity index (χ4v) is 2.61. The number of anilines is 1. The number of nitrogens with zero attached hydrogens (tertiary/aromatic N) is 2. The number of hydrogen-bond acceptors (Lipinski definition) is 6. The summed E-state index contributed by atoms with van der Waals surface area (Å²) in [4.78, 5) is 8.50. The van der Waals surface area contributed by atoms with Crippen LogP contribution in [-0.4, -0.2) is 29.9 Å². The zero-order valence-corrected chi connectivity index (χ0v) is 15.3. The van der Waals surface area contributed by atoms with Crippen molar-refractivity contribution in [1.29, 1.82) is 5.41 Å². The first-order valence-electron chi connectivity index (χ1n) is 8.49. The average molecular weight is 402 g/mol. The Hall–Kier alpha value is -3.62. The van der Waals surface area contributed by atoms with E-state index in [9.17, 15) is 13.2 Å². The standard InChI is InChI=1S/C20H17F3N4O2/c1-28-19-4-2-3-14(27-19)11-26-16-7-13(10-25-17(16)9-24)12-5-6-15(21)18(8-12)29-20(22)23/h2-10,20,24,26H,11H2,1H3. The van der Waals surface area contributed by atoms with Crippen LogP contribution in [0.5, 0.6) is 11.6 Å². The van der Waals surface area contributed by atoms with Gasteiger partial charge in [0.25, 0.3) is 0 Å². The molecule has 150 valence electrons. The summed E-state index contributed by atoms with van der Waals surface area (Å²) in [5.41, 5.74) is 2.59. The van der Waals surface area contributed by atoms with E-state index in [1.54, 1.807) is 18.2 Å². The summed E-state index contributed by atoms with van der Waals surface area (Å²) < 4.78 is 47.9. The summed E-state index contributed by atoms with van der Waals surface area (Å²) in [5, 5.41) is 10.7. The smallest absolute Gasteiger partial charge is 0.387 e. The minimum Gasteiger partial charge on any atom is -0.481 e. The zero-order chi connectivity index (χ0) is 20.8. The third kappa shape index (κ3) is 5.01. The highest BCUT2D eigenvalue weighted by Crippen LogP contribution is 2.29. The van der Waals surface area contributed by atoms with Gasteiger partial charge in [-0.3, -0.25) is 4.98 Å². The Morgan fingerprint density at radius 2 is 2.00 bits per heavy atom. The van der Waals surface area contributed by atoms with Crippen molar-refractivity contribution in [2.45, 2.75) is 13.2 Å². The molecule has 0 atom stereocenters. The average Bonchev–Trinajstić information content (AvgIpc) is 2.73. The molecule has 0 aliphatic heterocycles. The number of benzene rings is 1. The van der Waals surface area contributed by atoms with Crippen LogP contribution in [0.15, 0.2) is 48.7 Å². The second-order valence-electron chi connectivity index (χ2n) is 5.85. The van der Waals surface area contributed by atoms with Crippen LogP contribution in [0.25, 0.3) is 11.1 Å². The fraction of sp³-hybridized carbons (Fsp3) is 0.150. The summed E-state index contributed by atoms with van der Waals surface area (Å²) in [6, 6.07) is 10.7. The Kier molecular flexibility index (Phi) is 6.28. The molecule has 9 heteroatoms. The Labute approximate surface area is 164 Å². The van der Waals surface area contributed by atoms with Gasteiger partial charge in [0.05, 0.1) is 25.0 Å². The van der Waals surface area contributed by atoms with E-state index in [1.165, 1.54) is 25.4 Å². The van der Waals surface area contributed by atoms with Gasteiger partial charge in [-0.05, 0) is 29.8 Å². The predicted octanol–water partition coefficient (Wildman–Crippen LogP) is 4.50. The molecule has 3 rings (SSSR count). The van der Waals surface area contributed by atoms with Crippen molar-refractivity contribution >= 4 is 11.9 Å². The van der Waals surface area contributed by atoms with Gasteiger partial charge in [-0.25, -0.2) is 9.37 Å². The Balaban J connectivity index is 1.88. The molecule has 3 aromatic rings. The van der Waals surface area contributed by atoms with Gasteiger partial charge >= 0.3 is 6.61 Å². The van der Waals surface area contributed by atoms with Crippen LogP contribution in [0.2, 0.25) is 0 Å².